The van der Waals surface area contributed by atoms with E-state index in [0.717, 1.165) is 4.47 Å². The van der Waals surface area contributed by atoms with Gasteiger partial charge in [0.1, 0.15) is 5.82 Å². The van der Waals surface area contributed by atoms with Gasteiger partial charge in [0.15, 0.2) is 0 Å². The summed E-state index contributed by atoms with van der Waals surface area (Å²) >= 11 is 6.57. The summed E-state index contributed by atoms with van der Waals surface area (Å²) in [6.45, 7) is 0. The Morgan fingerprint density at radius 2 is 1.90 bits per heavy atom. The summed E-state index contributed by atoms with van der Waals surface area (Å²) in [6, 6.07) is 7.84. The number of amides is 1. The second kappa shape index (κ2) is 6.15. The van der Waals surface area contributed by atoms with Crippen LogP contribution in [0.5, 0.6) is 0 Å². The van der Waals surface area contributed by atoms with Gasteiger partial charge >= 0.3 is 5.97 Å². The molecule has 0 aliphatic rings. The van der Waals surface area contributed by atoms with Crippen LogP contribution in [0.3, 0.4) is 0 Å². The smallest absolute Gasteiger partial charge is 0.335 e. The molecule has 2 aromatic rings. The van der Waals surface area contributed by atoms with E-state index in [1.807, 2.05) is 0 Å². The highest BCUT2D eigenvalue weighted by molar-refractivity contribution is 9.11. The fourth-order valence-corrected chi connectivity index (χ4v) is 2.27. The van der Waals surface area contributed by atoms with E-state index in [0.29, 0.717) is 10.0 Å². The molecule has 5 nitrogen and oxygen atoms in total. The van der Waals surface area contributed by atoms with Gasteiger partial charge in [0.25, 0.3) is 5.91 Å². The molecule has 0 aliphatic heterocycles. The van der Waals surface area contributed by atoms with Gasteiger partial charge in [0, 0.05) is 15.1 Å². The number of anilines is 1. The molecule has 0 bridgehead atoms. The molecule has 0 aliphatic carbocycles. The van der Waals surface area contributed by atoms with Gasteiger partial charge in [-0.25, -0.2) is 9.78 Å². The normalized spacial score (nSPS) is 10.1. The van der Waals surface area contributed by atoms with Crippen molar-refractivity contribution in [3.63, 3.8) is 0 Å². The van der Waals surface area contributed by atoms with Gasteiger partial charge in [0.05, 0.1) is 11.1 Å². The predicted molar refractivity (Wildman–Crippen MR) is 81.0 cm³/mol. The fraction of sp³-hybridized carbons (Fsp3) is 0. The van der Waals surface area contributed by atoms with Gasteiger partial charge in [-0.15, -0.1) is 0 Å². The lowest BCUT2D eigenvalue weighted by Gasteiger charge is -2.07. The highest BCUT2D eigenvalue weighted by Gasteiger charge is 2.12. The summed E-state index contributed by atoms with van der Waals surface area (Å²) in [4.78, 5) is 26.9. The van der Waals surface area contributed by atoms with Crippen LogP contribution in [0.2, 0.25) is 0 Å². The first-order valence-electron chi connectivity index (χ1n) is 5.43. The predicted octanol–water partition coefficient (Wildman–Crippen LogP) is 3.56. The zero-order chi connectivity index (χ0) is 14.7. The molecule has 1 aromatic heterocycles. The molecule has 0 radical (unpaired) electrons. The van der Waals surface area contributed by atoms with E-state index in [1.165, 1.54) is 18.3 Å². The van der Waals surface area contributed by atoms with E-state index in [-0.39, 0.29) is 17.3 Å². The number of nitrogens with one attached hydrogen (secondary N) is 1. The highest BCUT2D eigenvalue weighted by atomic mass is 79.9. The Balaban J connectivity index is 2.25. The van der Waals surface area contributed by atoms with Crippen molar-refractivity contribution in [2.45, 2.75) is 0 Å². The molecule has 2 rings (SSSR count). The van der Waals surface area contributed by atoms with Gasteiger partial charge in [0.2, 0.25) is 0 Å². The average Bonchev–Trinajstić information content (AvgIpc) is 2.41. The maximum atomic E-state index is 12.1. The molecule has 0 spiro atoms. The molecule has 1 heterocycles. The monoisotopic (exact) mass is 398 g/mol. The minimum Gasteiger partial charge on any atom is -0.478 e. The zero-order valence-electron chi connectivity index (χ0n) is 9.93. The Bertz CT molecular complexity index is 689. The van der Waals surface area contributed by atoms with Crippen LogP contribution in [-0.4, -0.2) is 22.0 Å². The molecule has 1 amide bonds. The van der Waals surface area contributed by atoms with Crippen LogP contribution in [0.15, 0.2) is 45.5 Å². The number of aromatic nitrogens is 1. The Morgan fingerprint density at radius 1 is 1.15 bits per heavy atom. The van der Waals surface area contributed by atoms with Crippen LogP contribution in [-0.2, 0) is 0 Å². The molecular weight excluding hydrogens is 392 g/mol. The van der Waals surface area contributed by atoms with Crippen molar-refractivity contribution in [3.05, 3.63) is 56.6 Å². The number of halogens is 2. The van der Waals surface area contributed by atoms with Crippen LogP contribution in [0.1, 0.15) is 20.7 Å². The van der Waals surface area contributed by atoms with Crippen LogP contribution < -0.4 is 5.32 Å². The van der Waals surface area contributed by atoms with Crippen LogP contribution in [0.25, 0.3) is 0 Å². The number of aromatic carboxylic acids is 1. The average molecular weight is 400 g/mol. The molecule has 0 saturated heterocycles. The minimum atomic E-state index is -1.08. The molecule has 0 fully saturated rings. The molecule has 102 valence electrons. The molecule has 0 atom stereocenters. The fourth-order valence-electron chi connectivity index (χ4n) is 1.49. The quantitative estimate of drug-likeness (QED) is 0.826. The SMILES string of the molecule is O=C(O)c1ccnc(NC(=O)c2cc(Br)ccc2Br)c1. The first-order chi connectivity index (χ1) is 9.47. The molecule has 7 heteroatoms. The minimum absolute atomic E-state index is 0.0589. The summed E-state index contributed by atoms with van der Waals surface area (Å²) in [6.07, 6.45) is 1.33. The van der Waals surface area contributed by atoms with Crippen molar-refractivity contribution in [1.82, 2.24) is 4.98 Å². The second-order valence-corrected chi connectivity index (χ2v) is 5.58. The molecular formula is C13H8Br2N2O3. The van der Waals surface area contributed by atoms with Gasteiger partial charge in [-0.1, -0.05) is 15.9 Å². The van der Waals surface area contributed by atoms with E-state index in [9.17, 15) is 9.59 Å². The van der Waals surface area contributed by atoms with Crippen LogP contribution >= 0.6 is 31.9 Å². The van der Waals surface area contributed by atoms with Crippen molar-refractivity contribution in [2.75, 3.05) is 5.32 Å². The number of carboxylic acids is 1. The summed E-state index contributed by atoms with van der Waals surface area (Å²) in [5, 5.41) is 11.4. The standard InChI is InChI=1S/C13H8Br2N2O3/c14-8-1-2-10(15)9(6-8)12(18)17-11-5-7(13(19)20)3-4-16-11/h1-6H,(H,19,20)(H,16,17,18). The van der Waals surface area contributed by atoms with Gasteiger partial charge < -0.3 is 10.4 Å². The number of hydrogen-bond donors (Lipinski definition) is 2. The van der Waals surface area contributed by atoms with Crippen LogP contribution in [0.4, 0.5) is 5.82 Å². The van der Waals surface area contributed by atoms with E-state index in [2.05, 4.69) is 42.2 Å². The Kier molecular flexibility index (Phi) is 4.51. The van der Waals surface area contributed by atoms with Crippen molar-refractivity contribution in [1.29, 1.82) is 0 Å². The van der Waals surface area contributed by atoms with Crippen molar-refractivity contribution in [3.8, 4) is 0 Å². The lowest BCUT2D eigenvalue weighted by molar-refractivity contribution is 0.0696. The lowest BCUT2D eigenvalue weighted by Crippen LogP contribution is -2.14. The maximum Gasteiger partial charge on any atom is 0.335 e. The largest absolute Gasteiger partial charge is 0.478 e. The van der Waals surface area contributed by atoms with Crippen molar-refractivity contribution < 1.29 is 14.7 Å². The number of carbonyl (C=O) groups excluding carboxylic acids is 1. The third-order valence-corrected chi connectivity index (χ3v) is 3.61. The Morgan fingerprint density at radius 3 is 2.60 bits per heavy atom. The van der Waals surface area contributed by atoms with Gasteiger partial charge in [-0.3, -0.25) is 4.79 Å². The van der Waals surface area contributed by atoms with Crippen molar-refractivity contribution in [2.24, 2.45) is 0 Å². The third kappa shape index (κ3) is 3.43. The second-order valence-electron chi connectivity index (χ2n) is 3.81. The Hall–Kier alpha value is -1.73. The number of hydrogen-bond acceptors (Lipinski definition) is 3. The third-order valence-electron chi connectivity index (χ3n) is 2.42. The number of carbonyl (C=O) groups is 2. The lowest BCUT2D eigenvalue weighted by atomic mass is 10.2. The van der Waals surface area contributed by atoms with E-state index in [4.69, 9.17) is 5.11 Å². The number of rotatable bonds is 3. The van der Waals surface area contributed by atoms with Crippen LogP contribution in [0, 0.1) is 0 Å². The number of nitrogens with zero attached hydrogens (tertiary/aromatic N) is 1. The van der Waals surface area contributed by atoms with Gasteiger partial charge in [-0.2, -0.15) is 0 Å². The first kappa shape index (κ1) is 14.7. The first-order valence-corrected chi connectivity index (χ1v) is 7.02. The summed E-state index contributed by atoms with van der Waals surface area (Å²) in [5.74, 6) is -1.28. The molecule has 1 aromatic carbocycles. The summed E-state index contributed by atoms with van der Waals surface area (Å²) in [5.41, 5.74) is 0.477. The summed E-state index contributed by atoms with van der Waals surface area (Å²) < 4.78 is 1.39. The maximum absolute atomic E-state index is 12.1. The van der Waals surface area contributed by atoms with Gasteiger partial charge in [-0.05, 0) is 46.3 Å². The van der Waals surface area contributed by atoms with E-state index >= 15 is 0 Å². The Labute approximate surface area is 131 Å². The highest BCUT2D eigenvalue weighted by Crippen LogP contribution is 2.22. The van der Waals surface area contributed by atoms with E-state index < -0.39 is 5.97 Å². The number of benzene rings is 1. The number of pyridine rings is 1. The molecule has 2 N–H and O–H groups in total. The molecule has 0 saturated carbocycles. The molecule has 0 unspecified atom stereocenters. The topological polar surface area (TPSA) is 79.3 Å². The number of carboxylic acid groups (broad SMARTS) is 1. The van der Waals surface area contributed by atoms with E-state index in [1.54, 1.807) is 18.2 Å². The van der Waals surface area contributed by atoms with Crippen molar-refractivity contribution >= 4 is 49.6 Å². The zero-order valence-corrected chi connectivity index (χ0v) is 13.1. The summed E-state index contributed by atoms with van der Waals surface area (Å²) in [7, 11) is 0. The molecule has 20 heavy (non-hydrogen) atoms.